The van der Waals surface area contributed by atoms with Gasteiger partial charge in [0.1, 0.15) is 23.8 Å². The van der Waals surface area contributed by atoms with Gasteiger partial charge in [0.15, 0.2) is 0 Å². The summed E-state index contributed by atoms with van der Waals surface area (Å²) >= 11 is 0. The number of hydrogen-bond acceptors (Lipinski definition) is 7. The number of anilines is 1. The maximum atomic E-state index is 12.8. The summed E-state index contributed by atoms with van der Waals surface area (Å²) in [6.07, 6.45) is 6.81. The second-order valence-corrected chi connectivity index (χ2v) is 6.75. The Kier molecular flexibility index (Phi) is 6.31. The first-order valence-electron chi connectivity index (χ1n) is 9.23. The predicted molar refractivity (Wildman–Crippen MR) is 112 cm³/mol. The molecule has 2 aromatic rings. The summed E-state index contributed by atoms with van der Waals surface area (Å²) in [6.45, 7) is -0.0838. The first kappa shape index (κ1) is 21.5. The maximum Gasteiger partial charge on any atom is 0.373 e. The summed E-state index contributed by atoms with van der Waals surface area (Å²) in [7, 11) is 5.00. The van der Waals surface area contributed by atoms with Crippen LogP contribution in [0, 0.1) is 12.3 Å². The van der Waals surface area contributed by atoms with E-state index in [9.17, 15) is 14.4 Å². The van der Waals surface area contributed by atoms with Crippen LogP contribution in [0.2, 0.25) is 0 Å². The number of ether oxygens (including phenoxy) is 2. The Morgan fingerprint density at radius 2 is 2.06 bits per heavy atom. The minimum Gasteiger partial charge on any atom is -0.480 e. The smallest absolute Gasteiger partial charge is 0.373 e. The van der Waals surface area contributed by atoms with Gasteiger partial charge in [-0.05, 0) is 30.3 Å². The molecule has 0 unspecified atom stereocenters. The van der Waals surface area contributed by atoms with E-state index in [2.05, 4.69) is 16.0 Å². The SMILES string of the molecule is C#CCOc1cc(N(C)C)ccc1/C=C1\NC(=O)N(Cc2ccc(C(=O)OC)o2)C1=O. The number of imide groups is 1. The summed E-state index contributed by atoms with van der Waals surface area (Å²) in [5.41, 5.74) is 1.54. The van der Waals surface area contributed by atoms with Crippen LogP contribution in [0.25, 0.3) is 6.08 Å². The summed E-state index contributed by atoms with van der Waals surface area (Å²) in [5.74, 6) is 1.94. The van der Waals surface area contributed by atoms with E-state index in [1.807, 2.05) is 25.1 Å². The van der Waals surface area contributed by atoms with Crippen LogP contribution in [0.3, 0.4) is 0 Å². The number of urea groups is 1. The highest BCUT2D eigenvalue weighted by Crippen LogP contribution is 2.28. The van der Waals surface area contributed by atoms with Gasteiger partial charge >= 0.3 is 12.0 Å². The van der Waals surface area contributed by atoms with Crippen LogP contribution in [-0.2, 0) is 16.1 Å². The fourth-order valence-electron chi connectivity index (χ4n) is 2.86. The van der Waals surface area contributed by atoms with Gasteiger partial charge in [-0.3, -0.25) is 9.69 Å². The zero-order valence-electron chi connectivity index (χ0n) is 17.3. The lowest BCUT2D eigenvalue weighted by atomic mass is 10.1. The van der Waals surface area contributed by atoms with E-state index in [1.165, 1.54) is 25.3 Å². The average molecular weight is 423 g/mol. The fraction of sp³-hybridized carbons (Fsp3) is 0.227. The summed E-state index contributed by atoms with van der Waals surface area (Å²) in [5, 5.41) is 2.54. The third kappa shape index (κ3) is 4.70. The molecule has 3 amide bonds. The third-order valence-electron chi connectivity index (χ3n) is 4.45. The number of benzene rings is 1. The lowest BCUT2D eigenvalue weighted by Gasteiger charge is -2.15. The van der Waals surface area contributed by atoms with Gasteiger partial charge in [0.2, 0.25) is 5.76 Å². The molecule has 1 fully saturated rings. The van der Waals surface area contributed by atoms with Crippen LogP contribution in [0.1, 0.15) is 21.9 Å². The summed E-state index contributed by atoms with van der Waals surface area (Å²) in [6, 6.07) is 7.72. The molecule has 0 aliphatic carbocycles. The van der Waals surface area contributed by atoms with Crippen molar-refractivity contribution in [3.63, 3.8) is 0 Å². The molecule has 0 saturated carbocycles. The molecule has 160 valence electrons. The Morgan fingerprint density at radius 1 is 1.29 bits per heavy atom. The molecular weight excluding hydrogens is 402 g/mol. The molecule has 2 heterocycles. The highest BCUT2D eigenvalue weighted by Gasteiger charge is 2.34. The third-order valence-corrected chi connectivity index (χ3v) is 4.45. The Hall–Kier alpha value is -4.19. The summed E-state index contributed by atoms with van der Waals surface area (Å²) < 4.78 is 15.5. The van der Waals surface area contributed by atoms with Crippen molar-refractivity contribution < 1.29 is 28.3 Å². The summed E-state index contributed by atoms with van der Waals surface area (Å²) in [4.78, 5) is 39.5. The van der Waals surface area contributed by atoms with E-state index in [4.69, 9.17) is 15.6 Å². The van der Waals surface area contributed by atoms with E-state index >= 15 is 0 Å². The highest BCUT2D eigenvalue weighted by molar-refractivity contribution is 6.14. The monoisotopic (exact) mass is 423 g/mol. The lowest BCUT2D eigenvalue weighted by Crippen LogP contribution is -2.30. The van der Waals surface area contributed by atoms with E-state index in [0.717, 1.165) is 10.6 Å². The van der Waals surface area contributed by atoms with Gasteiger partial charge in [-0.2, -0.15) is 0 Å². The molecule has 1 aromatic heterocycles. The molecule has 1 aliphatic heterocycles. The van der Waals surface area contributed by atoms with Crippen LogP contribution in [0.15, 0.2) is 40.4 Å². The molecule has 1 aromatic carbocycles. The number of furan rings is 1. The highest BCUT2D eigenvalue weighted by atomic mass is 16.5. The minimum absolute atomic E-state index is 0.0170. The van der Waals surface area contributed by atoms with Gasteiger partial charge in [0.25, 0.3) is 5.91 Å². The van der Waals surface area contributed by atoms with Crippen molar-refractivity contribution in [2.75, 3.05) is 32.7 Å². The van der Waals surface area contributed by atoms with Gasteiger partial charge in [-0.15, -0.1) is 6.42 Å². The molecule has 0 atom stereocenters. The van der Waals surface area contributed by atoms with Crippen LogP contribution in [-0.4, -0.2) is 50.6 Å². The van der Waals surface area contributed by atoms with Crippen molar-refractivity contribution in [2.24, 2.45) is 0 Å². The molecule has 9 nitrogen and oxygen atoms in total. The number of methoxy groups -OCH3 is 1. The molecule has 0 spiro atoms. The van der Waals surface area contributed by atoms with Crippen molar-refractivity contribution in [3.05, 3.63) is 53.1 Å². The predicted octanol–water partition coefficient (Wildman–Crippen LogP) is 2.24. The first-order valence-corrected chi connectivity index (χ1v) is 9.23. The van der Waals surface area contributed by atoms with Gasteiger partial charge in [-0.1, -0.05) is 5.92 Å². The molecular formula is C22H21N3O6. The topological polar surface area (TPSA) is 101 Å². The van der Waals surface area contributed by atoms with Crippen molar-refractivity contribution in [1.29, 1.82) is 0 Å². The molecule has 1 saturated heterocycles. The number of amides is 3. The van der Waals surface area contributed by atoms with Gasteiger partial charge in [0, 0.05) is 31.4 Å². The zero-order valence-corrected chi connectivity index (χ0v) is 17.3. The quantitative estimate of drug-likeness (QED) is 0.315. The number of carbonyl (C=O) groups excluding carboxylic acids is 3. The number of esters is 1. The molecule has 0 radical (unpaired) electrons. The minimum atomic E-state index is -0.648. The van der Waals surface area contributed by atoms with Gasteiger partial charge < -0.3 is 24.1 Å². The van der Waals surface area contributed by atoms with Crippen LogP contribution >= 0.6 is 0 Å². The number of nitrogens with one attached hydrogen (secondary N) is 1. The van der Waals surface area contributed by atoms with Crippen molar-refractivity contribution in [2.45, 2.75) is 6.54 Å². The Morgan fingerprint density at radius 3 is 2.74 bits per heavy atom. The standard InChI is InChI=1S/C22H21N3O6/c1-5-10-30-19-12-15(24(2)3)7-6-14(19)11-17-20(26)25(22(28)23-17)13-16-8-9-18(31-16)21(27)29-4/h1,6-9,11-12H,10,13H2,2-4H3,(H,23,28)/b17-11-. The normalized spacial score (nSPS) is 14.4. The van der Waals surface area contributed by atoms with E-state index in [-0.39, 0.29) is 30.4 Å². The number of terminal acetylenes is 1. The van der Waals surface area contributed by atoms with Crippen LogP contribution < -0.4 is 15.0 Å². The number of nitrogens with zero attached hydrogens (tertiary/aromatic N) is 2. The van der Waals surface area contributed by atoms with Crippen LogP contribution in [0.4, 0.5) is 10.5 Å². The van der Waals surface area contributed by atoms with E-state index in [1.54, 1.807) is 12.1 Å². The van der Waals surface area contributed by atoms with Crippen molar-refractivity contribution in [3.8, 4) is 18.1 Å². The molecule has 1 aliphatic rings. The average Bonchev–Trinajstić information content (AvgIpc) is 3.32. The van der Waals surface area contributed by atoms with E-state index in [0.29, 0.717) is 11.3 Å². The maximum absolute atomic E-state index is 12.8. The van der Waals surface area contributed by atoms with Crippen LogP contribution in [0.5, 0.6) is 5.75 Å². The largest absolute Gasteiger partial charge is 0.480 e. The van der Waals surface area contributed by atoms with Crippen molar-refractivity contribution >= 4 is 29.7 Å². The Bertz CT molecular complexity index is 1090. The van der Waals surface area contributed by atoms with E-state index < -0.39 is 17.9 Å². The van der Waals surface area contributed by atoms with Gasteiger partial charge in [0.05, 0.1) is 13.7 Å². The Balaban J connectivity index is 1.83. The zero-order chi connectivity index (χ0) is 22.5. The van der Waals surface area contributed by atoms with Crippen molar-refractivity contribution in [1.82, 2.24) is 10.2 Å². The molecule has 3 rings (SSSR count). The molecule has 9 heteroatoms. The first-order chi connectivity index (χ1) is 14.8. The van der Waals surface area contributed by atoms with Gasteiger partial charge in [-0.25, -0.2) is 9.59 Å². The molecule has 31 heavy (non-hydrogen) atoms. The number of hydrogen-bond donors (Lipinski definition) is 1. The Labute approximate surface area is 179 Å². The molecule has 1 N–H and O–H groups in total. The number of rotatable bonds is 7. The lowest BCUT2D eigenvalue weighted by molar-refractivity contribution is -0.123. The fourth-order valence-corrected chi connectivity index (χ4v) is 2.86. The second-order valence-electron chi connectivity index (χ2n) is 6.75. The second kappa shape index (κ2) is 9.09. The number of carbonyl (C=O) groups is 3. The molecule has 0 bridgehead atoms.